The maximum atomic E-state index is 12.9. The van der Waals surface area contributed by atoms with E-state index in [9.17, 15) is 14.0 Å². The van der Waals surface area contributed by atoms with Crippen LogP contribution in [0.4, 0.5) is 4.39 Å². The first-order valence-electron chi connectivity index (χ1n) is 6.97. The van der Waals surface area contributed by atoms with E-state index in [0.29, 0.717) is 0 Å². The monoisotopic (exact) mass is 295 g/mol. The molecule has 1 aromatic carbocycles. The zero-order valence-electron chi connectivity index (χ0n) is 11.6. The zero-order valence-corrected chi connectivity index (χ0v) is 11.6. The fraction of sp³-hybridized carbons (Fsp3) is 0.467. The summed E-state index contributed by atoms with van der Waals surface area (Å²) in [4.78, 5) is 23.0. The molecular weight excluding hydrogens is 277 g/mol. The fourth-order valence-corrected chi connectivity index (χ4v) is 2.23. The molecule has 0 spiro atoms. The molecule has 6 heteroatoms. The predicted molar refractivity (Wildman–Crippen MR) is 73.3 cm³/mol. The summed E-state index contributed by atoms with van der Waals surface area (Å²) in [6.45, 7) is -0.679. The summed E-state index contributed by atoms with van der Waals surface area (Å²) in [6, 6.07) is 5.65. The van der Waals surface area contributed by atoms with Crippen LogP contribution in [0.2, 0.25) is 0 Å². The highest BCUT2D eigenvalue weighted by atomic mass is 19.1. The van der Waals surface area contributed by atoms with E-state index in [4.69, 9.17) is 9.47 Å². The van der Waals surface area contributed by atoms with Crippen molar-refractivity contribution in [3.63, 3.8) is 0 Å². The van der Waals surface area contributed by atoms with Crippen molar-refractivity contribution < 1.29 is 23.5 Å². The molecule has 1 aliphatic rings. The van der Waals surface area contributed by atoms with E-state index >= 15 is 0 Å². The van der Waals surface area contributed by atoms with Gasteiger partial charge in [0.25, 0.3) is 5.91 Å². The molecule has 1 saturated carbocycles. The van der Waals surface area contributed by atoms with Gasteiger partial charge in [0.1, 0.15) is 11.6 Å². The standard InChI is InChI=1S/C15H18FNO4/c16-11-4-3-7-13(8-11)20-10-15(19)21-9-14(18)17-12-5-1-2-6-12/h3-4,7-8,12H,1-2,5-6,9-10H2,(H,17,18). The summed E-state index contributed by atoms with van der Waals surface area (Å²) in [5, 5.41) is 2.81. The number of hydrogen-bond donors (Lipinski definition) is 1. The highest BCUT2D eigenvalue weighted by Gasteiger charge is 2.17. The van der Waals surface area contributed by atoms with E-state index in [1.54, 1.807) is 0 Å². The SMILES string of the molecule is O=C(COC(=O)COc1cccc(F)c1)NC1CCCC1. The van der Waals surface area contributed by atoms with Gasteiger partial charge in [-0.05, 0) is 25.0 Å². The lowest BCUT2D eigenvalue weighted by Gasteiger charge is -2.12. The number of halogens is 1. The largest absolute Gasteiger partial charge is 0.482 e. The Hall–Kier alpha value is -2.11. The molecule has 1 amide bonds. The number of carbonyl (C=O) groups is 2. The number of amides is 1. The lowest BCUT2D eigenvalue weighted by Crippen LogP contribution is -2.36. The molecule has 0 heterocycles. The van der Waals surface area contributed by atoms with Gasteiger partial charge in [-0.3, -0.25) is 4.79 Å². The van der Waals surface area contributed by atoms with Crippen LogP contribution in [0.25, 0.3) is 0 Å². The second kappa shape index (κ2) is 7.61. The van der Waals surface area contributed by atoms with Crippen molar-refractivity contribution in [3.05, 3.63) is 30.1 Å². The third-order valence-corrected chi connectivity index (χ3v) is 3.24. The van der Waals surface area contributed by atoms with Crippen LogP contribution < -0.4 is 10.1 Å². The number of carbonyl (C=O) groups excluding carboxylic acids is 2. The van der Waals surface area contributed by atoms with E-state index in [2.05, 4.69) is 5.32 Å². The van der Waals surface area contributed by atoms with Crippen molar-refractivity contribution >= 4 is 11.9 Å². The lowest BCUT2D eigenvalue weighted by molar-refractivity contribution is -0.150. The highest BCUT2D eigenvalue weighted by Crippen LogP contribution is 2.17. The average molecular weight is 295 g/mol. The number of ether oxygens (including phenoxy) is 2. The van der Waals surface area contributed by atoms with Gasteiger partial charge in [-0.2, -0.15) is 0 Å². The minimum absolute atomic E-state index is 0.194. The van der Waals surface area contributed by atoms with Crippen LogP contribution >= 0.6 is 0 Å². The van der Waals surface area contributed by atoms with E-state index in [0.717, 1.165) is 25.7 Å². The molecule has 0 saturated heterocycles. The van der Waals surface area contributed by atoms with Gasteiger partial charge >= 0.3 is 5.97 Å². The highest BCUT2D eigenvalue weighted by molar-refractivity contribution is 5.81. The van der Waals surface area contributed by atoms with Crippen LogP contribution in [0.15, 0.2) is 24.3 Å². The van der Waals surface area contributed by atoms with Crippen LogP contribution in [-0.2, 0) is 14.3 Å². The third-order valence-electron chi connectivity index (χ3n) is 3.24. The van der Waals surface area contributed by atoms with Gasteiger partial charge in [0.2, 0.25) is 0 Å². The summed E-state index contributed by atoms with van der Waals surface area (Å²) in [5.74, 6) is -1.18. The number of benzene rings is 1. The minimum Gasteiger partial charge on any atom is -0.482 e. The Labute approximate surface area is 122 Å². The summed E-state index contributed by atoms with van der Waals surface area (Å²) in [6.07, 6.45) is 4.18. The van der Waals surface area contributed by atoms with Crippen molar-refractivity contribution in [2.24, 2.45) is 0 Å². The molecule has 0 bridgehead atoms. The number of rotatable bonds is 6. The normalized spacial score (nSPS) is 14.7. The Kier molecular flexibility index (Phi) is 5.54. The van der Waals surface area contributed by atoms with Gasteiger partial charge in [-0.1, -0.05) is 18.9 Å². The van der Waals surface area contributed by atoms with Gasteiger partial charge in [0.15, 0.2) is 13.2 Å². The first-order chi connectivity index (χ1) is 10.1. The van der Waals surface area contributed by atoms with Crippen LogP contribution in [-0.4, -0.2) is 31.1 Å². The van der Waals surface area contributed by atoms with Crippen molar-refractivity contribution in [2.45, 2.75) is 31.7 Å². The van der Waals surface area contributed by atoms with Crippen LogP contribution in [0.5, 0.6) is 5.75 Å². The molecule has 1 aromatic rings. The molecule has 0 unspecified atom stereocenters. The van der Waals surface area contributed by atoms with Gasteiger partial charge < -0.3 is 14.8 Å². The first kappa shape index (κ1) is 15.3. The maximum Gasteiger partial charge on any atom is 0.344 e. The average Bonchev–Trinajstić information content (AvgIpc) is 2.96. The van der Waals surface area contributed by atoms with E-state index in [1.807, 2.05) is 0 Å². The molecule has 0 radical (unpaired) electrons. The van der Waals surface area contributed by atoms with Crippen LogP contribution in [0, 0.1) is 5.82 Å². The number of nitrogens with one attached hydrogen (secondary N) is 1. The Morgan fingerprint density at radius 3 is 2.71 bits per heavy atom. The van der Waals surface area contributed by atoms with Gasteiger partial charge in [0.05, 0.1) is 0 Å². The van der Waals surface area contributed by atoms with E-state index in [1.165, 1.54) is 24.3 Å². The minimum atomic E-state index is -0.666. The van der Waals surface area contributed by atoms with Crippen LogP contribution in [0.3, 0.4) is 0 Å². The first-order valence-corrected chi connectivity index (χ1v) is 6.97. The third kappa shape index (κ3) is 5.41. The fourth-order valence-electron chi connectivity index (χ4n) is 2.23. The molecule has 1 N–H and O–H groups in total. The second-order valence-electron chi connectivity index (χ2n) is 4.96. The number of hydrogen-bond acceptors (Lipinski definition) is 4. The molecule has 0 aromatic heterocycles. The van der Waals surface area contributed by atoms with E-state index < -0.39 is 11.8 Å². The van der Waals surface area contributed by atoms with Crippen molar-refractivity contribution in [1.82, 2.24) is 5.32 Å². The van der Waals surface area contributed by atoms with Gasteiger partial charge in [-0.15, -0.1) is 0 Å². The maximum absolute atomic E-state index is 12.9. The summed E-state index contributed by atoms with van der Waals surface area (Å²) in [5.41, 5.74) is 0. The number of esters is 1. The van der Waals surface area contributed by atoms with Crippen molar-refractivity contribution in [2.75, 3.05) is 13.2 Å². The van der Waals surface area contributed by atoms with Gasteiger partial charge in [-0.25, -0.2) is 9.18 Å². The second-order valence-corrected chi connectivity index (χ2v) is 4.96. The van der Waals surface area contributed by atoms with E-state index in [-0.39, 0.29) is 30.9 Å². The molecule has 1 fully saturated rings. The lowest BCUT2D eigenvalue weighted by atomic mass is 10.2. The molecular formula is C15H18FNO4. The predicted octanol–water partition coefficient (Wildman–Crippen LogP) is 1.81. The Morgan fingerprint density at radius 1 is 1.24 bits per heavy atom. The molecule has 5 nitrogen and oxygen atoms in total. The van der Waals surface area contributed by atoms with Crippen molar-refractivity contribution in [1.29, 1.82) is 0 Å². The molecule has 21 heavy (non-hydrogen) atoms. The summed E-state index contributed by atoms with van der Waals surface area (Å²) in [7, 11) is 0. The molecule has 114 valence electrons. The molecule has 0 atom stereocenters. The molecule has 0 aliphatic heterocycles. The van der Waals surface area contributed by atoms with Crippen molar-refractivity contribution in [3.8, 4) is 5.75 Å². The summed E-state index contributed by atoms with van der Waals surface area (Å²) >= 11 is 0. The Morgan fingerprint density at radius 2 is 2.00 bits per heavy atom. The molecule has 2 rings (SSSR count). The summed E-state index contributed by atoms with van der Waals surface area (Å²) < 4.78 is 22.8. The van der Waals surface area contributed by atoms with Crippen LogP contribution in [0.1, 0.15) is 25.7 Å². The topological polar surface area (TPSA) is 64.6 Å². The Bertz CT molecular complexity index is 500. The molecule has 1 aliphatic carbocycles. The smallest absolute Gasteiger partial charge is 0.344 e. The Balaban J connectivity index is 1.64. The van der Waals surface area contributed by atoms with Gasteiger partial charge in [0, 0.05) is 12.1 Å². The zero-order chi connectivity index (χ0) is 15.1. The quantitative estimate of drug-likeness (QED) is 0.813.